The number of hydrogen-bond acceptors (Lipinski definition) is 1. The van der Waals surface area contributed by atoms with Crippen molar-refractivity contribution in [2.75, 3.05) is 0 Å². The fraction of sp³-hybridized carbons (Fsp3) is 0.500. The molecule has 1 aromatic carbocycles. The average molecular weight is 374 g/mol. The molecular formula is C12H18BrF2NOS2. The van der Waals surface area contributed by atoms with Crippen molar-refractivity contribution in [3.05, 3.63) is 33.8 Å². The van der Waals surface area contributed by atoms with E-state index >= 15 is 0 Å². The lowest BCUT2D eigenvalue weighted by Gasteiger charge is -2.22. The summed E-state index contributed by atoms with van der Waals surface area (Å²) in [5, 5.41) is 0. The largest absolute Gasteiger partial charge is 0.242 e. The Morgan fingerprint density at radius 3 is 2.26 bits per heavy atom. The molecule has 0 aliphatic rings. The third-order valence-electron chi connectivity index (χ3n) is 2.35. The van der Waals surface area contributed by atoms with Gasteiger partial charge in [-0.1, -0.05) is 0 Å². The van der Waals surface area contributed by atoms with Crippen LogP contribution in [0.2, 0.25) is 0 Å². The molecule has 2 atom stereocenters. The number of nitrogens with one attached hydrogen (secondary N) is 1. The van der Waals surface area contributed by atoms with Crippen molar-refractivity contribution in [3.8, 4) is 0 Å². The van der Waals surface area contributed by atoms with E-state index in [-0.39, 0.29) is 23.5 Å². The Labute approximate surface area is 130 Å². The molecule has 0 heterocycles. The van der Waals surface area contributed by atoms with Crippen LogP contribution in [0.1, 0.15) is 39.3 Å². The van der Waals surface area contributed by atoms with Crippen molar-refractivity contribution in [1.29, 1.82) is 0 Å². The summed E-state index contributed by atoms with van der Waals surface area (Å²) in [5.74, 6) is -1.07. The minimum Gasteiger partial charge on any atom is -0.242 e. The summed E-state index contributed by atoms with van der Waals surface area (Å²) in [6.45, 7) is 7.07. The zero-order valence-corrected chi connectivity index (χ0v) is 14.6. The first kappa shape index (κ1) is 19.0. The molecule has 1 aromatic rings. The Hall–Kier alpha value is 0.0200. The van der Waals surface area contributed by atoms with Crippen molar-refractivity contribution in [2.45, 2.75) is 38.5 Å². The predicted octanol–water partition coefficient (Wildman–Crippen LogP) is 3.95. The maximum atomic E-state index is 13.7. The van der Waals surface area contributed by atoms with Gasteiger partial charge in [0.15, 0.2) is 0 Å². The van der Waals surface area contributed by atoms with E-state index in [1.165, 1.54) is 0 Å². The summed E-state index contributed by atoms with van der Waals surface area (Å²) in [4.78, 5) is 0. The Morgan fingerprint density at radius 2 is 1.79 bits per heavy atom. The molecule has 110 valence electrons. The van der Waals surface area contributed by atoms with Crippen LogP contribution in [-0.2, 0) is 11.0 Å². The van der Waals surface area contributed by atoms with E-state index in [0.29, 0.717) is 0 Å². The molecule has 0 aliphatic carbocycles. The van der Waals surface area contributed by atoms with Crippen LogP contribution < -0.4 is 4.72 Å². The van der Waals surface area contributed by atoms with Crippen molar-refractivity contribution >= 4 is 40.4 Å². The van der Waals surface area contributed by atoms with E-state index in [4.69, 9.17) is 0 Å². The Balaban J connectivity index is 0.00000324. The Bertz CT molecular complexity index is 478. The van der Waals surface area contributed by atoms with E-state index in [0.717, 1.165) is 12.1 Å². The van der Waals surface area contributed by atoms with Gasteiger partial charge in [0, 0.05) is 11.6 Å². The molecule has 0 aliphatic heterocycles. The van der Waals surface area contributed by atoms with Crippen molar-refractivity contribution in [2.24, 2.45) is 0 Å². The molecule has 1 rings (SSSR count). The van der Waals surface area contributed by atoms with E-state index in [2.05, 4.69) is 20.7 Å². The molecular weight excluding hydrogens is 356 g/mol. The summed E-state index contributed by atoms with van der Waals surface area (Å²) < 4.78 is 41.3. The second-order valence-corrected chi connectivity index (χ2v) is 7.86. The Kier molecular flexibility index (Phi) is 7.16. The van der Waals surface area contributed by atoms with Gasteiger partial charge in [-0.3, -0.25) is 0 Å². The van der Waals surface area contributed by atoms with Crippen LogP contribution in [0.5, 0.6) is 0 Å². The van der Waals surface area contributed by atoms with Crippen LogP contribution in [0.4, 0.5) is 8.78 Å². The lowest BCUT2D eigenvalue weighted by Crippen LogP contribution is -2.35. The van der Waals surface area contributed by atoms with Gasteiger partial charge in [-0.15, -0.1) is 0 Å². The fourth-order valence-corrected chi connectivity index (χ4v) is 2.39. The summed E-state index contributed by atoms with van der Waals surface area (Å²) in [5.41, 5.74) is 0.160. The maximum absolute atomic E-state index is 13.7. The molecule has 19 heavy (non-hydrogen) atoms. The van der Waals surface area contributed by atoms with Crippen LogP contribution in [-0.4, -0.2) is 8.96 Å². The van der Waals surface area contributed by atoms with Crippen LogP contribution in [0.3, 0.4) is 0 Å². The van der Waals surface area contributed by atoms with Crippen molar-refractivity contribution in [1.82, 2.24) is 4.72 Å². The first-order valence-corrected chi connectivity index (χ1v) is 7.39. The van der Waals surface area contributed by atoms with Crippen molar-refractivity contribution in [3.63, 3.8) is 0 Å². The molecule has 0 amide bonds. The lowest BCUT2D eigenvalue weighted by atomic mass is 10.1. The van der Waals surface area contributed by atoms with E-state index in [9.17, 15) is 13.0 Å². The molecule has 0 saturated carbocycles. The number of hydrogen-bond donors (Lipinski definition) is 1. The van der Waals surface area contributed by atoms with Crippen LogP contribution in [0, 0.1) is 11.6 Å². The molecule has 2 nitrogen and oxygen atoms in total. The van der Waals surface area contributed by atoms with Gasteiger partial charge >= 0.3 is 0 Å². The molecule has 0 aromatic heterocycles. The van der Waals surface area contributed by atoms with Crippen LogP contribution >= 0.6 is 29.4 Å². The SMILES string of the molecule is C[C@H](N[S@](=O)C(C)(C)C)c1cc(F)c(Br)cc1F.S. The third kappa shape index (κ3) is 5.13. The third-order valence-corrected chi connectivity index (χ3v) is 4.63. The summed E-state index contributed by atoms with van der Waals surface area (Å²) >= 11 is 2.92. The van der Waals surface area contributed by atoms with Gasteiger partial charge < -0.3 is 0 Å². The summed E-state index contributed by atoms with van der Waals surface area (Å²) in [6, 6.07) is 1.65. The predicted molar refractivity (Wildman–Crippen MR) is 83.9 cm³/mol. The molecule has 0 bridgehead atoms. The van der Waals surface area contributed by atoms with Gasteiger partial charge in [-0.05, 0) is 55.8 Å². The van der Waals surface area contributed by atoms with Gasteiger partial charge in [0.2, 0.25) is 0 Å². The summed E-state index contributed by atoms with van der Waals surface area (Å²) in [7, 11) is -1.34. The topological polar surface area (TPSA) is 29.1 Å². The van der Waals surface area contributed by atoms with E-state index < -0.39 is 33.4 Å². The fourth-order valence-electron chi connectivity index (χ4n) is 1.27. The zero-order valence-electron chi connectivity index (χ0n) is 11.2. The normalized spacial score (nSPS) is 14.7. The zero-order chi connectivity index (χ0) is 14.1. The summed E-state index contributed by atoms with van der Waals surface area (Å²) in [6.07, 6.45) is 0. The molecule has 0 fully saturated rings. The Morgan fingerprint density at radius 1 is 1.26 bits per heavy atom. The maximum Gasteiger partial charge on any atom is 0.137 e. The van der Waals surface area contributed by atoms with Crippen LogP contribution in [0.15, 0.2) is 16.6 Å². The quantitative estimate of drug-likeness (QED) is 0.798. The first-order chi connectivity index (χ1) is 8.12. The molecule has 7 heteroatoms. The van der Waals surface area contributed by atoms with Crippen molar-refractivity contribution < 1.29 is 13.0 Å². The first-order valence-electron chi connectivity index (χ1n) is 5.45. The minimum atomic E-state index is -1.34. The minimum absolute atomic E-state index is 0. The van der Waals surface area contributed by atoms with Gasteiger partial charge in [0.1, 0.15) is 11.6 Å². The van der Waals surface area contributed by atoms with Crippen LogP contribution in [0.25, 0.3) is 0 Å². The number of halogens is 3. The van der Waals surface area contributed by atoms with E-state index in [1.807, 2.05) is 0 Å². The number of rotatable bonds is 3. The highest BCUT2D eigenvalue weighted by Gasteiger charge is 2.23. The van der Waals surface area contributed by atoms with E-state index in [1.54, 1.807) is 27.7 Å². The molecule has 1 N–H and O–H groups in total. The average Bonchev–Trinajstić information content (AvgIpc) is 2.21. The highest BCUT2D eigenvalue weighted by molar-refractivity contribution is 9.10. The molecule has 0 radical (unpaired) electrons. The van der Waals surface area contributed by atoms with Gasteiger partial charge in [-0.2, -0.15) is 13.5 Å². The standard InChI is InChI=1S/C12H16BrF2NOS.H2S/c1-7(16-18(17)12(2,3)4)8-5-11(15)9(13)6-10(8)14;/h5-7,16H,1-4H3;1H2/t7-,18+;/m0./s1. The van der Waals surface area contributed by atoms with Gasteiger partial charge in [-0.25, -0.2) is 17.7 Å². The monoisotopic (exact) mass is 373 g/mol. The second-order valence-electron chi connectivity index (χ2n) is 5.01. The second kappa shape index (κ2) is 7.15. The number of benzene rings is 1. The van der Waals surface area contributed by atoms with Gasteiger partial charge in [0.25, 0.3) is 0 Å². The lowest BCUT2D eigenvalue weighted by molar-refractivity contribution is 0.553. The smallest absolute Gasteiger partial charge is 0.137 e. The highest BCUT2D eigenvalue weighted by atomic mass is 79.9. The molecule has 0 unspecified atom stereocenters. The molecule has 0 spiro atoms. The molecule has 0 saturated heterocycles. The highest BCUT2D eigenvalue weighted by Crippen LogP contribution is 2.25. The van der Waals surface area contributed by atoms with Gasteiger partial charge in [0.05, 0.1) is 20.2 Å².